The van der Waals surface area contributed by atoms with Crippen LogP contribution in [0.5, 0.6) is 0 Å². The minimum atomic E-state index is -0.600. The van der Waals surface area contributed by atoms with E-state index in [1.807, 2.05) is 30.3 Å². The predicted octanol–water partition coefficient (Wildman–Crippen LogP) is 2.85. The smallest absolute Gasteiger partial charge is 0.0936 e. The molecule has 1 saturated carbocycles. The molecule has 2 aromatic rings. The number of aliphatic hydroxyl groups is 1. The molecule has 2 heteroatoms. The first-order valence-electron chi connectivity index (χ1n) is 5.82. The first-order valence-corrected chi connectivity index (χ1v) is 5.82. The van der Waals surface area contributed by atoms with Gasteiger partial charge in [-0.1, -0.05) is 31.5 Å². The molecule has 16 heavy (non-hydrogen) atoms. The lowest BCUT2D eigenvalue weighted by Crippen LogP contribution is -2.09. The molecule has 2 atom stereocenters. The van der Waals surface area contributed by atoms with Gasteiger partial charge in [-0.2, -0.15) is 0 Å². The van der Waals surface area contributed by atoms with Gasteiger partial charge in [0.25, 0.3) is 0 Å². The van der Waals surface area contributed by atoms with E-state index in [9.17, 15) is 5.11 Å². The highest BCUT2D eigenvalue weighted by Crippen LogP contribution is 2.54. The minimum absolute atomic E-state index is 0.415. The Bertz CT molecular complexity index is 532. The van der Waals surface area contributed by atoms with Crippen LogP contribution in [0.15, 0.2) is 36.5 Å². The number of fused-ring (bicyclic) bond motifs is 1. The van der Waals surface area contributed by atoms with Crippen LogP contribution in [0.2, 0.25) is 0 Å². The van der Waals surface area contributed by atoms with Gasteiger partial charge in [-0.25, -0.2) is 0 Å². The van der Waals surface area contributed by atoms with Gasteiger partial charge in [0.05, 0.1) is 11.1 Å². The number of rotatable bonds is 2. The zero-order chi connectivity index (χ0) is 11.2. The molecule has 2 unspecified atom stereocenters. The van der Waals surface area contributed by atoms with Crippen molar-refractivity contribution in [3.05, 3.63) is 42.1 Å². The van der Waals surface area contributed by atoms with Gasteiger partial charge in [0.2, 0.25) is 0 Å². The molecule has 1 fully saturated rings. The van der Waals surface area contributed by atoms with E-state index in [2.05, 4.69) is 11.9 Å². The molecule has 1 heterocycles. The fraction of sp³-hybridized carbons (Fsp3) is 0.357. The van der Waals surface area contributed by atoms with Gasteiger partial charge in [-0.15, -0.1) is 0 Å². The van der Waals surface area contributed by atoms with Crippen LogP contribution >= 0.6 is 0 Å². The SMILES string of the molecule is CCC1CC1(O)c1ccnc2ccccc12. The van der Waals surface area contributed by atoms with Crippen LogP contribution in [0.25, 0.3) is 10.9 Å². The van der Waals surface area contributed by atoms with Crippen LogP contribution in [-0.2, 0) is 5.60 Å². The van der Waals surface area contributed by atoms with Crippen LogP contribution in [-0.4, -0.2) is 10.1 Å². The lowest BCUT2D eigenvalue weighted by atomic mass is 10.0. The van der Waals surface area contributed by atoms with E-state index >= 15 is 0 Å². The lowest BCUT2D eigenvalue weighted by Gasteiger charge is -2.13. The second-order valence-electron chi connectivity index (χ2n) is 4.61. The summed E-state index contributed by atoms with van der Waals surface area (Å²) in [5.41, 5.74) is 1.41. The molecule has 0 radical (unpaired) electrons. The normalized spacial score (nSPS) is 28.2. The number of para-hydroxylation sites is 1. The Morgan fingerprint density at radius 2 is 2.19 bits per heavy atom. The number of aromatic nitrogens is 1. The summed E-state index contributed by atoms with van der Waals surface area (Å²) in [5, 5.41) is 11.6. The van der Waals surface area contributed by atoms with Gasteiger partial charge in [-0.3, -0.25) is 4.98 Å². The summed E-state index contributed by atoms with van der Waals surface area (Å²) in [6.45, 7) is 2.13. The summed E-state index contributed by atoms with van der Waals surface area (Å²) in [5.74, 6) is 0.415. The molecule has 0 saturated heterocycles. The van der Waals surface area contributed by atoms with Crippen LogP contribution < -0.4 is 0 Å². The standard InChI is InChI=1S/C14H15NO/c1-2-10-9-14(10,16)12-7-8-15-13-6-4-3-5-11(12)13/h3-8,10,16H,2,9H2,1H3. The molecule has 0 amide bonds. The van der Waals surface area contributed by atoms with E-state index in [1.54, 1.807) is 6.20 Å². The molecule has 1 N–H and O–H groups in total. The van der Waals surface area contributed by atoms with Crippen molar-refractivity contribution in [3.63, 3.8) is 0 Å². The van der Waals surface area contributed by atoms with Crippen molar-refractivity contribution >= 4 is 10.9 Å². The summed E-state index contributed by atoms with van der Waals surface area (Å²) in [6.07, 6.45) is 3.71. The highest BCUT2D eigenvalue weighted by molar-refractivity contribution is 5.83. The van der Waals surface area contributed by atoms with Crippen molar-refractivity contribution in [1.29, 1.82) is 0 Å². The van der Waals surface area contributed by atoms with Crippen molar-refractivity contribution < 1.29 is 5.11 Å². The van der Waals surface area contributed by atoms with Crippen LogP contribution in [0.3, 0.4) is 0 Å². The second-order valence-corrected chi connectivity index (χ2v) is 4.61. The molecular weight excluding hydrogens is 198 g/mol. The summed E-state index contributed by atoms with van der Waals surface area (Å²) >= 11 is 0. The minimum Gasteiger partial charge on any atom is -0.385 e. The Kier molecular flexibility index (Phi) is 2.01. The maximum Gasteiger partial charge on any atom is 0.0936 e. The van der Waals surface area contributed by atoms with Crippen molar-refractivity contribution in [2.75, 3.05) is 0 Å². The van der Waals surface area contributed by atoms with Crippen molar-refractivity contribution in [2.45, 2.75) is 25.4 Å². The van der Waals surface area contributed by atoms with E-state index in [1.165, 1.54) is 0 Å². The molecular formula is C14H15NO. The topological polar surface area (TPSA) is 33.1 Å². The first-order chi connectivity index (χ1) is 7.75. The Morgan fingerprint density at radius 1 is 1.38 bits per heavy atom. The van der Waals surface area contributed by atoms with E-state index in [4.69, 9.17) is 0 Å². The highest BCUT2D eigenvalue weighted by atomic mass is 16.3. The number of nitrogens with zero attached hydrogens (tertiary/aromatic N) is 1. The molecule has 1 aromatic carbocycles. The van der Waals surface area contributed by atoms with Gasteiger partial charge in [0, 0.05) is 11.6 Å². The first kappa shape index (κ1) is 9.79. The van der Waals surface area contributed by atoms with Crippen LogP contribution in [0.4, 0.5) is 0 Å². The van der Waals surface area contributed by atoms with Crippen molar-refractivity contribution in [2.24, 2.45) is 5.92 Å². The third kappa shape index (κ3) is 1.26. The zero-order valence-corrected chi connectivity index (χ0v) is 9.35. The average molecular weight is 213 g/mol. The van der Waals surface area contributed by atoms with E-state index in [0.29, 0.717) is 5.92 Å². The second kappa shape index (κ2) is 3.29. The van der Waals surface area contributed by atoms with Crippen LogP contribution in [0, 0.1) is 5.92 Å². The maximum absolute atomic E-state index is 10.5. The predicted molar refractivity (Wildman–Crippen MR) is 64.0 cm³/mol. The van der Waals surface area contributed by atoms with Gasteiger partial charge >= 0.3 is 0 Å². The Labute approximate surface area is 94.9 Å². The maximum atomic E-state index is 10.5. The lowest BCUT2D eigenvalue weighted by molar-refractivity contribution is 0.132. The monoisotopic (exact) mass is 213 g/mol. The third-order valence-corrected chi connectivity index (χ3v) is 3.68. The number of benzene rings is 1. The molecule has 0 aliphatic heterocycles. The van der Waals surface area contributed by atoms with Crippen molar-refractivity contribution in [3.8, 4) is 0 Å². The largest absolute Gasteiger partial charge is 0.385 e. The zero-order valence-electron chi connectivity index (χ0n) is 9.35. The molecule has 2 nitrogen and oxygen atoms in total. The number of pyridine rings is 1. The molecule has 82 valence electrons. The summed E-state index contributed by atoms with van der Waals surface area (Å²) in [6, 6.07) is 9.97. The Hall–Kier alpha value is -1.41. The molecule has 1 aromatic heterocycles. The van der Waals surface area contributed by atoms with Gasteiger partial charge in [0.15, 0.2) is 0 Å². The van der Waals surface area contributed by atoms with E-state index in [0.717, 1.165) is 29.3 Å². The molecule has 1 aliphatic rings. The molecule has 1 aliphatic carbocycles. The van der Waals surface area contributed by atoms with Gasteiger partial charge in [-0.05, 0) is 30.0 Å². The van der Waals surface area contributed by atoms with E-state index in [-0.39, 0.29) is 0 Å². The molecule has 0 spiro atoms. The summed E-state index contributed by atoms with van der Waals surface area (Å²) in [7, 11) is 0. The quantitative estimate of drug-likeness (QED) is 0.832. The van der Waals surface area contributed by atoms with Crippen LogP contribution in [0.1, 0.15) is 25.3 Å². The number of hydrogen-bond donors (Lipinski definition) is 1. The molecule has 3 rings (SSSR count). The summed E-state index contributed by atoms with van der Waals surface area (Å²) in [4.78, 5) is 4.32. The third-order valence-electron chi connectivity index (χ3n) is 3.68. The summed E-state index contributed by atoms with van der Waals surface area (Å²) < 4.78 is 0. The highest BCUT2D eigenvalue weighted by Gasteiger charge is 2.53. The van der Waals surface area contributed by atoms with Gasteiger partial charge in [0.1, 0.15) is 0 Å². The fourth-order valence-electron chi connectivity index (χ4n) is 2.60. The average Bonchev–Trinajstić information content (AvgIpc) is 3.01. The van der Waals surface area contributed by atoms with E-state index < -0.39 is 5.60 Å². The van der Waals surface area contributed by atoms with Gasteiger partial charge < -0.3 is 5.11 Å². The number of hydrogen-bond acceptors (Lipinski definition) is 2. The fourth-order valence-corrected chi connectivity index (χ4v) is 2.60. The van der Waals surface area contributed by atoms with Crippen molar-refractivity contribution in [1.82, 2.24) is 4.98 Å². The Balaban J connectivity index is 2.18. The molecule has 0 bridgehead atoms. The Morgan fingerprint density at radius 3 is 2.94 bits per heavy atom.